The average molecular weight is 279 g/mol. The average Bonchev–Trinajstić information content (AvgIpc) is 2.60. The van der Waals surface area contributed by atoms with Crippen molar-refractivity contribution in [3.63, 3.8) is 0 Å². The molecule has 2 rings (SSSR count). The number of aliphatic hydroxyl groups excluding tert-OH is 1. The molecule has 17 heavy (non-hydrogen) atoms. The Bertz CT molecular complexity index is 311. The van der Waals surface area contributed by atoms with E-state index in [1.165, 1.54) is 5.56 Å². The maximum Gasteiger partial charge on any atom is 0.0682 e. The monoisotopic (exact) mass is 278 g/mol. The Balaban J connectivity index is 0.00000128. The third-order valence-corrected chi connectivity index (χ3v) is 3.01. The van der Waals surface area contributed by atoms with E-state index in [0.29, 0.717) is 12.6 Å². The lowest BCUT2D eigenvalue weighted by Crippen LogP contribution is -2.34. The molecule has 3 nitrogen and oxygen atoms in total. The third-order valence-electron chi connectivity index (χ3n) is 3.01. The molecule has 1 saturated heterocycles. The molecule has 1 aromatic rings. The second kappa shape index (κ2) is 7.90. The number of aliphatic hydroxyl groups is 1. The summed E-state index contributed by atoms with van der Waals surface area (Å²) in [5.41, 5.74) is 6.97. The van der Waals surface area contributed by atoms with Gasteiger partial charge in [0.25, 0.3) is 0 Å². The van der Waals surface area contributed by atoms with Gasteiger partial charge >= 0.3 is 0 Å². The minimum atomic E-state index is -0.206. The van der Waals surface area contributed by atoms with Crippen LogP contribution < -0.4 is 5.73 Å². The van der Waals surface area contributed by atoms with Crippen LogP contribution in [0.5, 0.6) is 0 Å². The number of likely N-dealkylation sites (tertiary alicyclic amines) is 1. The van der Waals surface area contributed by atoms with Crippen LogP contribution in [0.3, 0.4) is 0 Å². The molecule has 98 valence electrons. The van der Waals surface area contributed by atoms with Gasteiger partial charge in [-0.05, 0) is 12.0 Å². The third kappa shape index (κ3) is 4.45. The summed E-state index contributed by atoms with van der Waals surface area (Å²) in [6.07, 6.45) is 0.603. The van der Waals surface area contributed by atoms with Crippen LogP contribution in [-0.2, 0) is 6.54 Å². The molecule has 5 heteroatoms. The first-order chi connectivity index (χ1) is 7.29. The topological polar surface area (TPSA) is 49.5 Å². The Hall–Kier alpha value is -0.320. The Morgan fingerprint density at radius 2 is 1.88 bits per heavy atom. The van der Waals surface area contributed by atoms with Gasteiger partial charge in [0.15, 0.2) is 0 Å². The SMILES string of the molecule is Cl.Cl.NC[C@H]1C[C@@H](O)CN1Cc1ccccc1. The van der Waals surface area contributed by atoms with E-state index in [0.717, 1.165) is 19.5 Å². The van der Waals surface area contributed by atoms with Gasteiger partial charge < -0.3 is 10.8 Å². The first kappa shape index (κ1) is 16.7. The van der Waals surface area contributed by atoms with Gasteiger partial charge in [0.05, 0.1) is 6.10 Å². The fourth-order valence-electron chi connectivity index (χ4n) is 2.21. The largest absolute Gasteiger partial charge is 0.392 e. The van der Waals surface area contributed by atoms with Crippen molar-refractivity contribution in [2.24, 2.45) is 5.73 Å². The Morgan fingerprint density at radius 3 is 2.47 bits per heavy atom. The van der Waals surface area contributed by atoms with E-state index in [9.17, 15) is 5.11 Å². The second-order valence-electron chi connectivity index (χ2n) is 4.19. The number of β-amino-alcohol motifs (C(OH)–C–C–N with tert-alkyl or cyclic N) is 1. The van der Waals surface area contributed by atoms with E-state index in [2.05, 4.69) is 17.0 Å². The molecule has 0 bridgehead atoms. The van der Waals surface area contributed by atoms with Crippen molar-refractivity contribution in [1.82, 2.24) is 4.90 Å². The Kier molecular flexibility index (Phi) is 7.75. The molecule has 0 aromatic heterocycles. The minimum Gasteiger partial charge on any atom is -0.392 e. The van der Waals surface area contributed by atoms with Crippen LogP contribution in [0.15, 0.2) is 30.3 Å². The predicted octanol–water partition coefficient (Wildman–Crippen LogP) is 1.42. The van der Waals surface area contributed by atoms with E-state index in [1.807, 2.05) is 18.2 Å². The standard InChI is InChI=1S/C12H18N2O.2ClH/c13-7-11-6-12(15)9-14(11)8-10-4-2-1-3-5-10;;/h1-5,11-12,15H,6-9,13H2;2*1H/t11-,12-;;/m1../s1. The number of hydrogen-bond acceptors (Lipinski definition) is 3. The van der Waals surface area contributed by atoms with Gasteiger partial charge in [0.2, 0.25) is 0 Å². The molecule has 1 heterocycles. The molecule has 1 aliphatic rings. The van der Waals surface area contributed by atoms with Crippen molar-refractivity contribution >= 4 is 24.8 Å². The van der Waals surface area contributed by atoms with E-state index in [4.69, 9.17) is 5.73 Å². The highest BCUT2D eigenvalue weighted by molar-refractivity contribution is 5.85. The summed E-state index contributed by atoms with van der Waals surface area (Å²) in [6.45, 7) is 2.26. The lowest BCUT2D eigenvalue weighted by atomic mass is 10.2. The Morgan fingerprint density at radius 1 is 1.24 bits per heavy atom. The first-order valence-corrected chi connectivity index (χ1v) is 5.45. The summed E-state index contributed by atoms with van der Waals surface area (Å²) < 4.78 is 0. The van der Waals surface area contributed by atoms with Crippen molar-refractivity contribution in [1.29, 1.82) is 0 Å². The smallest absolute Gasteiger partial charge is 0.0682 e. The van der Waals surface area contributed by atoms with Gasteiger partial charge in [0, 0.05) is 25.7 Å². The highest BCUT2D eigenvalue weighted by Crippen LogP contribution is 2.19. The highest BCUT2D eigenvalue weighted by atomic mass is 35.5. The number of benzene rings is 1. The molecular formula is C12H20Cl2N2O. The fraction of sp³-hybridized carbons (Fsp3) is 0.500. The summed E-state index contributed by atoms with van der Waals surface area (Å²) >= 11 is 0. The summed E-state index contributed by atoms with van der Waals surface area (Å²) in [5, 5.41) is 9.58. The zero-order valence-electron chi connectivity index (χ0n) is 9.66. The zero-order valence-corrected chi connectivity index (χ0v) is 11.3. The van der Waals surface area contributed by atoms with Crippen molar-refractivity contribution in [2.45, 2.75) is 25.1 Å². The molecule has 0 saturated carbocycles. The first-order valence-electron chi connectivity index (χ1n) is 5.45. The highest BCUT2D eigenvalue weighted by Gasteiger charge is 2.29. The molecule has 0 radical (unpaired) electrons. The van der Waals surface area contributed by atoms with Gasteiger partial charge in [-0.2, -0.15) is 0 Å². The molecule has 0 amide bonds. The zero-order chi connectivity index (χ0) is 10.7. The minimum absolute atomic E-state index is 0. The molecule has 1 aliphatic heterocycles. The Labute approximate surface area is 115 Å². The van der Waals surface area contributed by atoms with Crippen LogP contribution in [0.25, 0.3) is 0 Å². The normalized spacial score (nSPS) is 23.9. The van der Waals surface area contributed by atoms with Gasteiger partial charge in [0.1, 0.15) is 0 Å². The van der Waals surface area contributed by atoms with Crippen molar-refractivity contribution in [3.8, 4) is 0 Å². The van der Waals surface area contributed by atoms with Crippen LogP contribution >= 0.6 is 24.8 Å². The summed E-state index contributed by atoms with van der Waals surface area (Å²) in [4.78, 5) is 2.26. The van der Waals surface area contributed by atoms with Crippen LogP contribution in [0.2, 0.25) is 0 Å². The second-order valence-corrected chi connectivity index (χ2v) is 4.19. The number of rotatable bonds is 3. The molecule has 0 spiro atoms. The van der Waals surface area contributed by atoms with Crippen molar-refractivity contribution in [3.05, 3.63) is 35.9 Å². The van der Waals surface area contributed by atoms with Gasteiger partial charge in [-0.1, -0.05) is 30.3 Å². The number of nitrogens with two attached hydrogens (primary N) is 1. The molecular weight excluding hydrogens is 259 g/mol. The summed E-state index contributed by atoms with van der Waals surface area (Å²) in [7, 11) is 0. The van der Waals surface area contributed by atoms with E-state index < -0.39 is 0 Å². The van der Waals surface area contributed by atoms with E-state index in [1.54, 1.807) is 0 Å². The van der Waals surface area contributed by atoms with E-state index >= 15 is 0 Å². The lowest BCUT2D eigenvalue weighted by molar-refractivity contribution is 0.173. The van der Waals surface area contributed by atoms with Gasteiger partial charge in [-0.25, -0.2) is 0 Å². The van der Waals surface area contributed by atoms with Crippen LogP contribution in [0.1, 0.15) is 12.0 Å². The molecule has 0 aliphatic carbocycles. The maximum absolute atomic E-state index is 9.58. The molecule has 0 unspecified atom stereocenters. The molecule has 3 N–H and O–H groups in total. The van der Waals surface area contributed by atoms with Crippen LogP contribution in [0.4, 0.5) is 0 Å². The predicted molar refractivity (Wildman–Crippen MR) is 74.8 cm³/mol. The lowest BCUT2D eigenvalue weighted by Gasteiger charge is -2.22. The van der Waals surface area contributed by atoms with E-state index in [-0.39, 0.29) is 30.9 Å². The number of hydrogen-bond donors (Lipinski definition) is 2. The van der Waals surface area contributed by atoms with Crippen LogP contribution in [-0.4, -0.2) is 35.2 Å². The number of halogens is 2. The van der Waals surface area contributed by atoms with Crippen molar-refractivity contribution < 1.29 is 5.11 Å². The molecule has 1 fully saturated rings. The summed E-state index contributed by atoms with van der Waals surface area (Å²) in [5.74, 6) is 0. The van der Waals surface area contributed by atoms with Crippen molar-refractivity contribution in [2.75, 3.05) is 13.1 Å². The molecule has 2 atom stereocenters. The van der Waals surface area contributed by atoms with Gasteiger partial charge in [-0.3, -0.25) is 4.90 Å². The maximum atomic E-state index is 9.58. The molecule has 1 aromatic carbocycles. The van der Waals surface area contributed by atoms with Gasteiger partial charge in [-0.15, -0.1) is 24.8 Å². The quantitative estimate of drug-likeness (QED) is 0.880. The summed E-state index contributed by atoms with van der Waals surface area (Å²) in [6, 6.07) is 10.7. The van der Waals surface area contributed by atoms with Crippen LogP contribution in [0, 0.1) is 0 Å². The number of nitrogens with zero attached hydrogens (tertiary/aromatic N) is 1. The fourth-order valence-corrected chi connectivity index (χ4v) is 2.21.